The van der Waals surface area contributed by atoms with Gasteiger partial charge in [-0.3, -0.25) is 0 Å². The second-order valence-electron chi connectivity index (χ2n) is 2.64. The van der Waals surface area contributed by atoms with E-state index in [4.69, 9.17) is 0 Å². The van der Waals surface area contributed by atoms with E-state index in [1.165, 1.54) is 0 Å². The minimum absolute atomic E-state index is 0.326. The molecule has 1 aromatic rings. The summed E-state index contributed by atoms with van der Waals surface area (Å²) in [5, 5.41) is -0.326. The molecule has 7 heteroatoms. The SMILES string of the molecule is Fc1c(Br)cc(C(F)(F)F)c(F)c1CBr. The molecule has 15 heavy (non-hydrogen) atoms. The molecule has 0 saturated carbocycles. The summed E-state index contributed by atoms with van der Waals surface area (Å²) in [6, 6.07) is 0.386. The van der Waals surface area contributed by atoms with Crippen LogP contribution < -0.4 is 0 Å². The Morgan fingerprint density at radius 1 is 1.13 bits per heavy atom. The minimum Gasteiger partial charge on any atom is -0.206 e. The van der Waals surface area contributed by atoms with E-state index in [2.05, 4.69) is 31.9 Å². The van der Waals surface area contributed by atoms with Gasteiger partial charge in [-0.15, -0.1) is 0 Å². The molecule has 0 aromatic heterocycles. The van der Waals surface area contributed by atoms with Gasteiger partial charge in [0.25, 0.3) is 0 Å². The van der Waals surface area contributed by atoms with Crippen LogP contribution in [0.2, 0.25) is 0 Å². The van der Waals surface area contributed by atoms with Crippen LogP contribution in [0.1, 0.15) is 11.1 Å². The van der Waals surface area contributed by atoms with Gasteiger partial charge in [0, 0.05) is 10.9 Å². The number of rotatable bonds is 1. The maximum absolute atomic E-state index is 13.2. The Morgan fingerprint density at radius 2 is 1.67 bits per heavy atom. The maximum atomic E-state index is 13.2. The lowest BCUT2D eigenvalue weighted by Gasteiger charge is -2.12. The van der Waals surface area contributed by atoms with Crippen LogP contribution in [0.5, 0.6) is 0 Å². The Morgan fingerprint density at radius 3 is 2.07 bits per heavy atom. The fourth-order valence-electron chi connectivity index (χ4n) is 0.980. The Hall–Kier alpha value is -0.170. The second-order valence-corrected chi connectivity index (χ2v) is 4.06. The Kier molecular flexibility index (Phi) is 3.76. The molecule has 84 valence electrons. The van der Waals surface area contributed by atoms with Gasteiger partial charge in [0.05, 0.1) is 10.0 Å². The van der Waals surface area contributed by atoms with Crippen molar-refractivity contribution >= 4 is 31.9 Å². The third kappa shape index (κ3) is 2.50. The van der Waals surface area contributed by atoms with Crippen molar-refractivity contribution in [3.63, 3.8) is 0 Å². The normalized spacial score (nSPS) is 11.9. The third-order valence-corrected chi connectivity index (χ3v) is 2.82. The topological polar surface area (TPSA) is 0 Å². The smallest absolute Gasteiger partial charge is 0.206 e. The lowest BCUT2D eigenvalue weighted by Crippen LogP contribution is -2.11. The molecule has 0 unspecified atom stereocenters. The molecular weight excluding hydrogens is 351 g/mol. The van der Waals surface area contributed by atoms with Crippen molar-refractivity contribution in [3.8, 4) is 0 Å². The van der Waals surface area contributed by atoms with E-state index < -0.39 is 33.4 Å². The van der Waals surface area contributed by atoms with Gasteiger partial charge in [-0.05, 0) is 22.0 Å². The van der Waals surface area contributed by atoms with E-state index in [0.29, 0.717) is 6.07 Å². The molecular formula is C8H3Br2F5. The number of alkyl halides is 4. The molecule has 0 spiro atoms. The van der Waals surface area contributed by atoms with Crippen LogP contribution >= 0.6 is 31.9 Å². The predicted octanol–water partition coefficient (Wildman–Crippen LogP) is 4.64. The summed E-state index contributed by atoms with van der Waals surface area (Å²) in [7, 11) is 0. The molecule has 0 radical (unpaired) electrons. The predicted molar refractivity (Wildman–Crippen MR) is 51.7 cm³/mol. The zero-order chi connectivity index (χ0) is 11.8. The summed E-state index contributed by atoms with van der Waals surface area (Å²) < 4.78 is 62.8. The van der Waals surface area contributed by atoms with Crippen LogP contribution in [0.15, 0.2) is 10.5 Å². The zero-order valence-electron chi connectivity index (χ0n) is 6.93. The summed E-state index contributed by atoms with van der Waals surface area (Å²) >= 11 is 5.33. The van der Waals surface area contributed by atoms with Crippen molar-refractivity contribution in [3.05, 3.63) is 33.3 Å². The summed E-state index contributed by atoms with van der Waals surface area (Å²) in [4.78, 5) is 0. The number of hydrogen-bond acceptors (Lipinski definition) is 0. The van der Waals surface area contributed by atoms with Crippen molar-refractivity contribution in [2.75, 3.05) is 0 Å². The second kappa shape index (κ2) is 4.37. The van der Waals surface area contributed by atoms with Crippen molar-refractivity contribution in [2.45, 2.75) is 11.5 Å². The fraction of sp³-hybridized carbons (Fsp3) is 0.250. The average molecular weight is 354 g/mol. The molecule has 0 saturated heterocycles. The van der Waals surface area contributed by atoms with Crippen molar-refractivity contribution in [1.29, 1.82) is 0 Å². The highest BCUT2D eigenvalue weighted by Gasteiger charge is 2.36. The lowest BCUT2D eigenvalue weighted by molar-refractivity contribution is -0.140. The highest BCUT2D eigenvalue weighted by Crippen LogP contribution is 2.36. The van der Waals surface area contributed by atoms with Gasteiger partial charge in [-0.25, -0.2) is 8.78 Å². The van der Waals surface area contributed by atoms with E-state index in [9.17, 15) is 22.0 Å². The minimum atomic E-state index is -4.84. The fourth-order valence-corrected chi connectivity index (χ4v) is 1.94. The van der Waals surface area contributed by atoms with Crippen molar-refractivity contribution in [1.82, 2.24) is 0 Å². The van der Waals surface area contributed by atoms with Gasteiger partial charge in [0.15, 0.2) is 0 Å². The first kappa shape index (κ1) is 12.9. The summed E-state index contributed by atoms with van der Waals surface area (Å²) in [6.45, 7) is 0. The standard InChI is InChI=1S/C8H3Br2F5/c9-2-3-6(11)4(8(13,14)15)1-5(10)7(3)12/h1H,2H2. The first-order chi connectivity index (χ1) is 6.79. The van der Waals surface area contributed by atoms with Crippen molar-refractivity contribution < 1.29 is 22.0 Å². The van der Waals surface area contributed by atoms with Gasteiger partial charge >= 0.3 is 6.18 Å². The van der Waals surface area contributed by atoms with Crippen molar-refractivity contribution in [2.24, 2.45) is 0 Å². The average Bonchev–Trinajstić information content (AvgIpc) is 2.10. The number of benzene rings is 1. The van der Waals surface area contributed by atoms with Crippen LogP contribution in [0.25, 0.3) is 0 Å². The van der Waals surface area contributed by atoms with Crippen LogP contribution in [0.4, 0.5) is 22.0 Å². The monoisotopic (exact) mass is 352 g/mol. The summed E-state index contributed by atoms with van der Waals surface area (Å²) in [5.41, 5.74) is -2.12. The lowest BCUT2D eigenvalue weighted by atomic mass is 10.1. The third-order valence-electron chi connectivity index (χ3n) is 1.69. The highest BCUT2D eigenvalue weighted by molar-refractivity contribution is 9.10. The molecule has 0 aliphatic heterocycles. The Bertz CT molecular complexity index is 386. The van der Waals surface area contributed by atoms with E-state index in [1.807, 2.05) is 0 Å². The molecule has 0 bridgehead atoms. The largest absolute Gasteiger partial charge is 0.419 e. The Labute approximate surface area is 98.7 Å². The van der Waals surface area contributed by atoms with E-state index in [0.717, 1.165) is 0 Å². The summed E-state index contributed by atoms with van der Waals surface area (Å²) in [6.07, 6.45) is -4.84. The van der Waals surface area contributed by atoms with Gasteiger partial charge in [-0.1, -0.05) is 15.9 Å². The number of hydrogen-bond donors (Lipinski definition) is 0. The molecule has 0 heterocycles. The molecule has 0 fully saturated rings. The van der Waals surface area contributed by atoms with Crippen LogP contribution in [0.3, 0.4) is 0 Å². The van der Waals surface area contributed by atoms with E-state index >= 15 is 0 Å². The zero-order valence-corrected chi connectivity index (χ0v) is 10.1. The molecule has 0 N–H and O–H groups in total. The molecule has 0 aliphatic carbocycles. The highest BCUT2D eigenvalue weighted by atomic mass is 79.9. The van der Waals surface area contributed by atoms with Gasteiger partial charge < -0.3 is 0 Å². The molecule has 1 aromatic carbocycles. The van der Waals surface area contributed by atoms with Gasteiger partial charge in [0.2, 0.25) is 0 Å². The first-order valence-electron chi connectivity index (χ1n) is 3.58. The van der Waals surface area contributed by atoms with E-state index in [1.54, 1.807) is 0 Å². The molecule has 0 aliphatic rings. The quantitative estimate of drug-likeness (QED) is 0.392. The van der Waals surface area contributed by atoms with Crippen LogP contribution in [-0.4, -0.2) is 0 Å². The van der Waals surface area contributed by atoms with E-state index in [-0.39, 0.29) is 5.33 Å². The van der Waals surface area contributed by atoms with Gasteiger partial charge in [0.1, 0.15) is 11.6 Å². The summed E-state index contributed by atoms with van der Waals surface area (Å²) in [5.74, 6) is -2.61. The molecule has 1 rings (SSSR count). The molecule has 0 amide bonds. The number of halogens is 7. The van der Waals surface area contributed by atoms with Crippen LogP contribution in [-0.2, 0) is 11.5 Å². The molecule has 0 nitrogen and oxygen atoms in total. The maximum Gasteiger partial charge on any atom is 0.419 e. The Balaban J connectivity index is 3.51. The first-order valence-corrected chi connectivity index (χ1v) is 5.50. The molecule has 0 atom stereocenters. The van der Waals surface area contributed by atoms with Crippen LogP contribution in [0, 0.1) is 11.6 Å². The van der Waals surface area contributed by atoms with Gasteiger partial charge in [-0.2, -0.15) is 13.2 Å².